The van der Waals surface area contributed by atoms with Gasteiger partial charge >= 0.3 is 0 Å². The lowest BCUT2D eigenvalue weighted by molar-refractivity contribution is -0.121. The molecule has 1 heterocycles. The molecule has 0 spiro atoms. The molecule has 0 saturated carbocycles. The summed E-state index contributed by atoms with van der Waals surface area (Å²) in [4.78, 5) is 14.6. The van der Waals surface area contributed by atoms with Crippen LogP contribution in [-0.4, -0.2) is 28.8 Å². The van der Waals surface area contributed by atoms with E-state index in [1.807, 2.05) is 25.1 Å². The number of amides is 1. The highest BCUT2D eigenvalue weighted by atomic mass is 79.9. The number of benzene rings is 2. The Morgan fingerprint density at radius 3 is 2.72 bits per heavy atom. The van der Waals surface area contributed by atoms with Gasteiger partial charge in [0.2, 0.25) is 0 Å². The first-order chi connectivity index (χ1) is 14.0. The molecule has 0 bridgehead atoms. The van der Waals surface area contributed by atoms with Gasteiger partial charge < -0.3 is 9.47 Å². The predicted octanol–water partition coefficient (Wildman–Crippen LogP) is 5.13. The zero-order valence-corrected chi connectivity index (χ0v) is 19.0. The van der Waals surface area contributed by atoms with Crippen LogP contribution in [0.15, 0.2) is 45.8 Å². The van der Waals surface area contributed by atoms with Crippen LogP contribution in [-0.2, 0) is 11.4 Å². The summed E-state index contributed by atoms with van der Waals surface area (Å²) in [6.45, 7) is 2.67. The molecule has 1 fully saturated rings. The molecule has 1 amide bonds. The normalized spacial score (nSPS) is 15.0. The van der Waals surface area contributed by atoms with Crippen LogP contribution in [0.3, 0.4) is 0 Å². The second kappa shape index (κ2) is 9.44. The van der Waals surface area contributed by atoms with E-state index in [0.717, 1.165) is 15.6 Å². The quantitative estimate of drug-likeness (QED) is 0.414. The first-order valence-corrected chi connectivity index (χ1v) is 10.7. The Kier molecular flexibility index (Phi) is 6.96. The van der Waals surface area contributed by atoms with Gasteiger partial charge in [-0.2, -0.15) is 5.26 Å². The smallest absolute Gasteiger partial charge is 0.266 e. The highest BCUT2D eigenvalue weighted by Gasteiger charge is 2.30. The number of likely N-dealkylation sites (N-methyl/N-ethyl adjacent to an activating group) is 1. The van der Waals surface area contributed by atoms with Crippen LogP contribution < -0.4 is 9.47 Å². The van der Waals surface area contributed by atoms with E-state index >= 15 is 0 Å². The van der Waals surface area contributed by atoms with Crippen molar-refractivity contribution in [1.29, 1.82) is 5.26 Å². The van der Waals surface area contributed by atoms with Gasteiger partial charge in [0.05, 0.1) is 23.6 Å². The second-order valence-electron chi connectivity index (χ2n) is 6.01. The van der Waals surface area contributed by atoms with E-state index in [1.54, 1.807) is 36.3 Å². The summed E-state index contributed by atoms with van der Waals surface area (Å²) in [5.74, 6) is 0.965. The fourth-order valence-corrected chi connectivity index (χ4v) is 4.57. The minimum atomic E-state index is -0.0956. The molecule has 148 valence electrons. The summed E-state index contributed by atoms with van der Waals surface area (Å²) in [7, 11) is 1.56. The molecule has 0 aromatic heterocycles. The molecule has 3 rings (SSSR count). The minimum absolute atomic E-state index is 0.0956. The largest absolute Gasteiger partial charge is 0.493 e. The van der Waals surface area contributed by atoms with Gasteiger partial charge in [0.25, 0.3) is 5.91 Å². The van der Waals surface area contributed by atoms with E-state index in [-0.39, 0.29) is 12.5 Å². The lowest BCUT2D eigenvalue weighted by atomic mass is 10.1. The van der Waals surface area contributed by atoms with E-state index < -0.39 is 0 Å². The number of nitrogens with zero attached hydrogens (tertiary/aromatic N) is 2. The van der Waals surface area contributed by atoms with Crippen molar-refractivity contribution in [2.75, 3.05) is 13.7 Å². The van der Waals surface area contributed by atoms with Gasteiger partial charge in [-0.15, -0.1) is 0 Å². The first-order valence-electron chi connectivity index (χ1n) is 8.72. The van der Waals surface area contributed by atoms with Gasteiger partial charge in [0.1, 0.15) is 10.9 Å². The summed E-state index contributed by atoms with van der Waals surface area (Å²) in [5.41, 5.74) is 2.14. The molecule has 0 aliphatic carbocycles. The number of carbonyl (C=O) groups excluding carboxylic acids is 1. The fourth-order valence-electron chi connectivity index (χ4n) is 2.76. The Morgan fingerprint density at radius 2 is 2.07 bits per heavy atom. The molecule has 1 aliphatic heterocycles. The number of thioether (sulfide) groups is 1. The van der Waals surface area contributed by atoms with Crippen molar-refractivity contribution in [2.24, 2.45) is 0 Å². The number of carbonyl (C=O) groups is 1. The maximum Gasteiger partial charge on any atom is 0.266 e. The third kappa shape index (κ3) is 4.64. The predicted molar refractivity (Wildman–Crippen MR) is 122 cm³/mol. The third-order valence-electron chi connectivity index (χ3n) is 4.28. The summed E-state index contributed by atoms with van der Waals surface area (Å²) < 4.78 is 12.7. The zero-order valence-electron chi connectivity index (χ0n) is 15.8. The van der Waals surface area contributed by atoms with Crippen LogP contribution in [0.25, 0.3) is 6.08 Å². The SMILES string of the molecule is CCN1C(=O)C(=Cc2cc(OC)c(OCc3ccccc3C#N)cc2Br)SC1=S. The molecule has 29 heavy (non-hydrogen) atoms. The number of methoxy groups -OCH3 is 1. The Morgan fingerprint density at radius 1 is 1.31 bits per heavy atom. The molecule has 0 unspecified atom stereocenters. The number of nitriles is 1. The Bertz CT molecular complexity index is 1050. The second-order valence-corrected chi connectivity index (χ2v) is 8.54. The maximum absolute atomic E-state index is 12.5. The summed E-state index contributed by atoms with van der Waals surface area (Å²) in [6.07, 6.45) is 1.79. The third-order valence-corrected chi connectivity index (χ3v) is 6.34. The summed E-state index contributed by atoms with van der Waals surface area (Å²) in [6, 6.07) is 13.0. The zero-order chi connectivity index (χ0) is 21.0. The topological polar surface area (TPSA) is 62.6 Å². The molecule has 8 heteroatoms. The van der Waals surface area contributed by atoms with Crippen LogP contribution >= 0.6 is 39.9 Å². The molecular formula is C21H17BrN2O3S2. The van der Waals surface area contributed by atoms with Gasteiger partial charge in [0.15, 0.2) is 11.5 Å². The number of hydrogen-bond donors (Lipinski definition) is 0. The van der Waals surface area contributed by atoms with Crippen molar-refractivity contribution in [3.63, 3.8) is 0 Å². The van der Waals surface area contributed by atoms with Crippen molar-refractivity contribution in [3.05, 3.63) is 62.5 Å². The average molecular weight is 489 g/mol. The lowest BCUT2D eigenvalue weighted by Gasteiger charge is -2.13. The van der Waals surface area contributed by atoms with Crippen molar-refractivity contribution in [2.45, 2.75) is 13.5 Å². The van der Waals surface area contributed by atoms with Crippen LogP contribution in [0.2, 0.25) is 0 Å². The standard InChI is InChI=1S/C21H17BrN2O3S2/c1-3-24-20(25)19(29-21(24)28)9-15-8-17(26-2)18(10-16(15)22)27-12-14-7-5-4-6-13(14)11-23/h4-10H,3,12H2,1-2H3. The van der Waals surface area contributed by atoms with Gasteiger partial charge in [0, 0.05) is 16.6 Å². The highest BCUT2D eigenvalue weighted by Crippen LogP contribution is 2.38. The van der Waals surface area contributed by atoms with Crippen molar-refractivity contribution in [3.8, 4) is 17.6 Å². The number of ether oxygens (including phenoxy) is 2. The molecule has 1 aliphatic rings. The summed E-state index contributed by atoms with van der Waals surface area (Å²) in [5, 5.41) is 9.22. The molecule has 0 N–H and O–H groups in total. The molecule has 2 aromatic rings. The van der Waals surface area contributed by atoms with E-state index in [1.165, 1.54) is 11.8 Å². The van der Waals surface area contributed by atoms with Crippen LogP contribution in [0.1, 0.15) is 23.6 Å². The maximum atomic E-state index is 12.5. The summed E-state index contributed by atoms with van der Waals surface area (Å²) >= 11 is 10.1. The molecule has 2 aromatic carbocycles. The van der Waals surface area contributed by atoms with Crippen LogP contribution in [0.5, 0.6) is 11.5 Å². The molecule has 0 atom stereocenters. The fraction of sp³-hybridized carbons (Fsp3) is 0.190. The first kappa shape index (κ1) is 21.4. The minimum Gasteiger partial charge on any atom is -0.493 e. The van der Waals surface area contributed by atoms with Crippen molar-refractivity contribution >= 4 is 56.2 Å². The Balaban J connectivity index is 1.87. The molecular weight excluding hydrogens is 472 g/mol. The van der Waals surface area contributed by atoms with Gasteiger partial charge in [-0.1, -0.05) is 58.1 Å². The Hall–Kier alpha value is -2.34. The van der Waals surface area contributed by atoms with E-state index in [4.69, 9.17) is 21.7 Å². The van der Waals surface area contributed by atoms with E-state index in [2.05, 4.69) is 22.0 Å². The lowest BCUT2D eigenvalue weighted by Crippen LogP contribution is -2.27. The van der Waals surface area contributed by atoms with Crippen molar-refractivity contribution in [1.82, 2.24) is 4.90 Å². The van der Waals surface area contributed by atoms with E-state index in [0.29, 0.717) is 32.8 Å². The number of halogens is 1. The number of thiocarbonyl (C=S) groups is 1. The number of rotatable bonds is 6. The van der Waals surface area contributed by atoms with Gasteiger partial charge in [-0.25, -0.2) is 0 Å². The van der Waals surface area contributed by atoms with Gasteiger partial charge in [-0.05, 0) is 36.8 Å². The number of hydrogen-bond acceptors (Lipinski definition) is 6. The molecule has 1 saturated heterocycles. The average Bonchev–Trinajstić information content (AvgIpc) is 3.00. The van der Waals surface area contributed by atoms with Crippen LogP contribution in [0, 0.1) is 11.3 Å². The Labute approximate surface area is 187 Å². The van der Waals surface area contributed by atoms with Crippen molar-refractivity contribution < 1.29 is 14.3 Å². The molecule has 0 radical (unpaired) electrons. The monoisotopic (exact) mass is 488 g/mol. The van der Waals surface area contributed by atoms with Crippen LogP contribution in [0.4, 0.5) is 0 Å². The molecule has 5 nitrogen and oxygen atoms in total. The van der Waals surface area contributed by atoms with Gasteiger partial charge in [-0.3, -0.25) is 9.69 Å². The highest BCUT2D eigenvalue weighted by molar-refractivity contribution is 9.10. The van der Waals surface area contributed by atoms with E-state index in [9.17, 15) is 10.1 Å².